The normalized spacial score (nSPS) is 12.4. The number of carbonyl (C=O) groups excluding carboxylic acids is 1. The van der Waals surface area contributed by atoms with Crippen molar-refractivity contribution < 1.29 is 9.53 Å². The van der Waals surface area contributed by atoms with Gasteiger partial charge in [-0.3, -0.25) is 10.1 Å². The SMILES string of the molecule is CO[C@H](C)c1nc(C)c(C(=O)Nc2nc(-c3ccc(C)s3)c(C)s2)s1. The zero-order valence-electron chi connectivity index (χ0n) is 14.7. The molecule has 0 bridgehead atoms. The Morgan fingerprint density at radius 3 is 2.56 bits per heavy atom. The van der Waals surface area contributed by atoms with Crippen molar-refractivity contribution in [1.29, 1.82) is 0 Å². The van der Waals surface area contributed by atoms with E-state index in [1.807, 2.05) is 20.8 Å². The second-order valence-corrected chi connectivity index (χ2v) is 9.15. The lowest BCUT2D eigenvalue weighted by Gasteiger charge is -2.03. The maximum Gasteiger partial charge on any atom is 0.269 e. The van der Waals surface area contributed by atoms with Gasteiger partial charge in [-0.1, -0.05) is 0 Å². The first-order valence-electron chi connectivity index (χ1n) is 7.74. The molecule has 0 unspecified atom stereocenters. The van der Waals surface area contributed by atoms with Gasteiger partial charge in [-0.2, -0.15) is 0 Å². The number of thiazole rings is 2. The molecular weight excluding hydrogens is 374 g/mol. The van der Waals surface area contributed by atoms with E-state index < -0.39 is 0 Å². The third-order valence-electron chi connectivity index (χ3n) is 3.71. The molecule has 0 saturated carbocycles. The first-order valence-corrected chi connectivity index (χ1v) is 10.2. The number of nitrogens with one attached hydrogen (secondary N) is 1. The average Bonchev–Trinajstić information content (AvgIpc) is 3.25. The molecule has 132 valence electrons. The average molecular weight is 394 g/mol. The van der Waals surface area contributed by atoms with Gasteiger partial charge < -0.3 is 4.74 Å². The summed E-state index contributed by atoms with van der Waals surface area (Å²) in [7, 11) is 1.63. The smallest absolute Gasteiger partial charge is 0.269 e. The zero-order chi connectivity index (χ0) is 18.1. The number of nitrogens with zero attached hydrogens (tertiary/aromatic N) is 2. The van der Waals surface area contributed by atoms with Gasteiger partial charge in [-0.15, -0.1) is 34.0 Å². The summed E-state index contributed by atoms with van der Waals surface area (Å²) in [6, 6.07) is 4.15. The molecule has 0 radical (unpaired) electrons. The van der Waals surface area contributed by atoms with E-state index >= 15 is 0 Å². The lowest BCUT2D eigenvalue weighted by Crippen LogP contribution is -2.11. The van der Waals surface area contributed by atoms with E-state index in [1.165, 1.54) is 27.6 Å². The Morgan fingerprint density at radius 2 is 1.92 bits per heavy atom. The lowest BCUT2D eigenvalue weighted by molar-refractivity contribution is 0.103. The van der Waals surface area contributed by atoms with Crippen LogP contribution in [0.4, 0.5) is 5.13 Å². The van der Waals surface area contributed by atoms with Gasteiger partial charge in [0.15, 0.2) is 5.13 Å². The van der Waals surface area contributed by atoms with Crippen LogP contribution in [0.1, 0.15) is 43.2 Å². The highest BCUT2D eigenvalue weighted by atomic mass is 32.1. The molecule has 5 nitrogen and oxygen atoms in total. The van der Waals surface area contributed by atoms with Gasteiger partial charge >= 0.3 is 0 Å². The van der Waals surface area contributed by atoms with Crippen LogP contribution in [0, 0.1) is 20.8 Å². The molecule has 0 aromatic carbocycles. The summed E-state index contributed by atoms with van der Waals surface area (Å²) >= 11 is 4.55. The van der Waals surface area contributed by atoms with Crippen LogP contribution in [-0.2, 0) is 4.74 Å². The molecule has 3 aromatic heterocycles. The van der Waals surface area contributed by atoms with Crippen molar-refractivity contribution in [1.82, 2.24) is 9.97 Å². The molecule has 25 heavy (non-hydrogen) atoms. The number of thiophene rings is 1. The van der Waals surface area contributed by atoms with Crippen LogP contribution < -0.4 is 5.32 Å². The van der Waals surface area contributed by atoms with Crippen LogP contribution in [0.15, 0.2) is 12.1 Å². The zero-order valence-corrected chi connectivity index (χ0v) is 17.1. The molecule has 8 heteroatoms. The molecule has 3 aromatic rings. The largest absolute Gasteiger partial charge is 0.375 e. The molecule has 3 heterocycles. The molecule has 0 spiro atoms. The van der Waals surface area contributed by atoms with Crippen LogP contribution in [0.25, 0.3) is 10.6 Å². The molecule has 0 aliphatic rings. The van der Waals surface area contributed by atoms with Crippen molar-refractivity contribution >= 4 is 45.0 Å². The monoisotopic (exact) mass is 393 g/mol. The fourth-order valence-corrected chi connectivity index (χ4v) is 5.09. The first kappa shape index (κ1) is 18.2. The summed E-state index contributed by atoms with van der Waals surface area (Å²) in [5.74, 6) is -0.174. The van der Waals surface area contributed by atoms with Crippen molar-refractivity contribution in [2.75, 3.05) is 12.4 Å². The number of hydrogen-bond donors (Lipinski definition) is 1. The summed E-state index contributed by atoms with van der Waals surface area (Å²) in [6.07, 6.45) is -0.124. The number of carbonyl (C=O) groups is 1. The number of hydrogen-bond acceptors (Lipinski definition) is 7. The predicted molar refractivity (Wildman–Crippen MR) is 105 cm³/mol. The maximum absolute atomic E-state index is 12.6. The number of rotatable bonds is 5. The quantitative estimate of drug-likeness (QED) is 0.646. The Bertz CT molecular complexity index is 910. The van der Waals surface area contributed by atoms with E-state index in [4.69, 9.17) is 4.74 Å². The van der Waals surface area contributed by atoms with Gasteiger partial charge in [0.1, 0.15) is 16.0 Å². The highest BCUT2D eigenvalue weighted by Gasteiger charge is 2.20. The van der Waals surface area contributed by atoms with Gasteiger partial charge in [0, 0.05) is 16.9 Å². The summed E-state index contributed by atoms with van der Waals surface area (Å²) in [5.41, 5.74) is 1.65. The molecular formula is C17H19N3O2S3. The topological polar surface area (TPSA) is 64.1 Å². The van der Waals surface area contributed by atoms with Crippen LogP contribution >= 0.6 is 34.0 Å². The number of aromatic nitrogens is 2. The minimum absolute atomic E-state index is 0.124. The maximum atomic E-state index is 12.6. The van der Waals surface area contributed by atoms with Gasteiger partial charge in [-0.25, -0.2) is 9.97 Å². The molecule has 0 fully saturated rings. The first-order chi connectivity index (χ1) is 11.9. The minimum atomic E-state index is -0.174. The number of aryl methyl sites for hydroxylation is 3. The fraction of sp³-hybridized carbons (Fsp3) is 0.353. The van der Waals surface area contributed by atoms with Gasteiger partial charge in [0.2, 0.25) is 0 Å². The standard InChI is InChI=1S/C17H19N3O2S3/c1-8-6-7-12(23-8)13-11(4)24-17(19-13)20-15(21)14-9(2)18-16(25-14)10(3)22-5/h6-7,10H,1-5H3,(H,19,20,21)/t10-/m1/s1. The molecule has 3 rings (SSSR count). The van der Waals surface area contributed by atoms with E-state index in [2.05, 4.69) is 34.3 Å². The van der Waals surface area contributed by atoms with E-state index in [0.29, 0.717) is 15.7 Å². The number of ether oxygens (including phenoxy) is 1. The number of amides is 1. The third kappa shape index (κ3) is 3.82. The van der Waals surface area contributed by atoms with Crippen molar-refractivity contribution in [3.8, 4) is 10.6 Å². The fourth-order valence-electron chi connectivity index (χ4n) is 2.30. The summed E-state index contributed by atoms with van der Waals surface area (Å²) < 4.78 is 5.28. The van der Waals surface area contributed by atoms with Crippen LogP contribution in [0.5, 0.6) is 0 Å². The molecule has 1 atom stereocenters. The van der Waals surface area contributed by atoms with Gasteiger partial charge in [0.05, 0.1) is 16.3 Å². The van der Waals surface area contributed by atoms with Crippen molar-refractivity contribution in [2.24, 2.45) is 0 Å². The highest BCUT2D eigenvalue weighted by molar-refractivity contribution is 7.18. The lowest BCUT2D eigenvalue weighted by atomic mass is 10.3. The molecule has 1 amide bonds. The Labute approximate surface area is 158 Å². The summed E-state index contributed by atoms with van der Waals surface area (Å²) in [6.45, 7) is 7.85. The second-order valence-electron chi connectivity index (χ2n) is 5.63. The third-order valence-corrected chi connectivity index (χ3v) is 6.92. The van der Waals surface area contributed by atoms with Crippen LogP contribution in [-0.4, -0.2) is 23.0 Å². The summed E-state index contributed by atoms with van der Waals surface area (Å²) in [5, 5.41) is 4.32. The number of anilines is 1. The predicted octanol–water partition coefficient (Wildman–Crippen LogP) is 5.21. The Hall–Kier alpha value is -1.61. The number of methoxy groups -OCH3 is 1. The molecule has 0 aliphatic carbocycles. The van der Waals surface area contributed by atoms with E-state index in [1.54, 1.807) is 18.4 Å². The van der Waals surface area contributed by atoms with Gasteiger partial charge in [-0.05, 0) is 39.8 Å². The molecule has 1 N–H and O–H groups in total. The second kappa shape index (κ2) is 7.33. The van der Waals surface area contributed by atoms with Gasteiger partial charge in [0.25, 0.3) is 5.91 Å². The Morgan fingerprint density at radius 1 is 1.16 bits per heavy atom. The van der Waals surface area contributed by atoms with Crippen LogP contribution in [0.2, 0.25) is 0 Å². The minimum Gasteiger partial charge on any atom is -0.375 e. The van der Waals surface area contributed by atoms with E-state index in [9.17, 15) is 4.79 Å². The highest BCUT2D eigenvalue weighted by Crippen LogP contribution is 2.35. The van der Waals surface area contributed by atoms with Crippen molar-refractivity contribution in [3.63, 3.8) is 0 Å². The summed E-state index contributed by atoms with van der Waals surface area (Å²) in [4.78, 5) is 25.7. The van der Waals surface area contributed by atoms with E-state index in [0.717, 1.165) is 20.5 Å². The van der Waals surface area contributed by atoms with Crippen molar-refractivity contribution in [3.05, 3.63) is 37.5 Å². The molecule has 0 saturated heterocycles. The Balaban J connectivity index is 1.81. The molecule has 0 aliphatic heterocycles. The Kier molecular flexibility index (Phi) is 5.33. The van der Waals surface area contributed by atoms with Crippen molar-refractivity contribution in [2.45, 2.75) is 33.8 Å². The van der Waals surface area contributed by atoms with E-state index in [-0.39, 0.29) is 12.0 Å². The van der Waals surface area contributed by atoms with Crippen LogP contribution in [0.3, 0.4) is 0 Å².